The van der Waals surface area contributed by atoms with Gasteiger partial charge in [0.2, 0.25) is 0 Å². The number of allylic oxidation sites excluding steroid dienone is 4. The molecule has 1 unspecified atom stereocenters. The number of unbranched alkanes of at least 4 members (excludes halogenated alkanes) is 40. The van der Waals surface area contributed by atoms with E-state index in [2.05, 4.69) is 45.1 Å². The Labute approximate surface area is 417 Å². The van der Waals surface area contributed by atoms with E-state index in [1.54, 1.807) is 0 Å². The Morgan fingerprint density at radius 2 is 0.537 bits per heavy atom. The van der Waals surface area contributed by atoms with Gasteiger partial charge in [-0.2, -0.15) is 0 Å². The normalized spacial score (nSPS) is 12.1. The van der Waals surface area contributed by atoms with Crippen LogP contribution in [0.5, 0.6) is 0 Å². The summed E-state index contributed by atoms with van der Waals surface area (Å²) in [4.78, 5) is 37.8. The summed E-state index contributed by atoms with van der Waals surface area (Å²) in [5.74, 6) is -0.860. The number of hydrogen-bond acceptors (Lipinski definition) is 6. The van der Waals surface area contributed by atoms with Crippen molar-refractivity contribution in [3.05, 3.63) is 24.3 Å². The van der Waals surface area contributed by atoms with Gasteiger partial charge in [-0.1, -0.05) is 283 Å². The molecule has 0 aliphatic rings. The van der Waals surface area contributed by atoms with E-state index in [1.807, 2.05) is 0 Å². The lowest BCUT2D eigenvalue weighted by Crippen LogP contribution is -2.30. The molecule has 0 fully saturated rings. The second-order valence-electron chi connectivity index (χ2n) is 20.3. The van der Waals surface area contributed by atoms with Gasteiger partial charge in [-0.25, -0.2) is 0 Å². The van der Waals surface area contributed by atoms with Crippen LogP contribution < -0.4 is 0 Å². The summed E-state index contributed by atoms with van der Waals surface area (Å²) in [6, 6.07) is 0. The van der Waals surface area contributed by atoms with Crippen molar-refractivity contribution in [2.45, 2.75) is 335 Å². The third-order valence-electron chi connectivity index (χ3n) is 13.5. The van der Waals surface area contributed by atoms with Gasteiger partial charge in [0.25, 0.3) is 0 Å². The van der Waals surface area contributed by atoms with E-state index in [0.29, 0.717) is 19.3 Å². The van der Waals surface area contributed by atoms with Crippen molar-refractivity contribution in [1.82, 2.24) is 0 Å². The van der Waals surface area contributed by atoms with Crippen LogP contribution in [0.1, 0.15) is 329 Å². The fraction of sp³-hybridized carbons (Fsp3) is 0.885. The highest BCUT2D eigenvalue weighted by Crippen LogP contribution is 2.17. The maximum atomic E-state index is 12.8. The molecule has 0 aromatic heterocycles. The highest BCUT2D eigenvalue weighted by Gasteiger charge is 2.19. The monoisotopic (exact) mass is 943 g/mol. The molecule has 6 nitrogen and oxygen atoms in total. The molecule has 67 heavy (non-hydrogen) atoms. The summed E-state index contributed by atoms with van der Waals surface area (Å²) < 4.78 is 16.7. The van der Waals surface area contributed by atoms with Crippen LogP contribution in [0.3, 0.4) is 0 Å². The predicted octanol–water partition coefficient (Wildman–Crippen LogP) is 19.9. The fourth-order valence-corrected chi connectivity index (χ4v) is 8.95. The number of carbonyl (C=O) groups is 3. The molecular weight excluding hydrogens is 829 g/mol. The second-order valence-corrected chi connectivity index (χ2v) is 20.3. The van der Waals surface area contributed by atoms with Crippen molar-refractivity contribution in [2.75, 3.05) is 13.2 Å². The van der Waals surface area contributed by atoms with Crippen molar-refractivity contribution >= 4 is 17.9 Å². The summed E-state index contributed by atoms with van der Waals surface area (Å²) in [6.07, 6.45) is 66.6. The first-order chi connectivity index (χ1) is 33.0. The Morgan fingerprint density at radius 1 is 0.299 bits per heavy atom. The lowest BCUT2D eigenvalue weighted by atomic mass is 10.0. The number of hydrogen-bond donors (Lipinski definition) is 0. The van der Waals surface area contributed by atoms with Crippen molar-refractivity contribution in [3.8, 4) is 0 Å². The van der Waals surface area contributed by atoms with Crippen molar-refractivity contribution in [2.24, 2.45) is 0 Å². The summed E-state index contributed by atoms with van der Waals surface area (Å²) in [5, 5.41) is 0. The van der Waals surface area contributed by atoms with Crippen LogP contribution in [0.2, 0.25) is 0 Å². The van der Waals surface area contributed by atoms with Gasteiger partial charge >= 0.3 is 17.9 Å². The van der Waals surface area contributed by atoms with Crippen LogP contribution in [-0.4, -0.2) is 37.2 Å². The molecule has 0 spiro atoms. The minimum absolute atomic E-state index is 0.0660. The molecule has 0 N–H and O–H groups in total. The predicted molar refractivity (Wildman–Crippen MR) is 289 cm³/mol. The van der Waals surface area contributed by atoms with E-state index in [1.165, 1.54) is 218 Å². The summed E-state index contributed by atoms with van der Waals surface area (Å²) >= 11 is 0. The van der Waals surface area contributed by atoms with Crippen LogP contribution in [0.4, 0.5) is 0 Å². The Hall–Kier alpha value is -2.11. The van der Waals surface area contributed by atoms with Crippen LogP contribution >= 0.6 is 0 Å². The molecule has 0 saturated heterocycles. The van der Waals surface area contributed by atoms with Gasteiger partial charge in [0.15, 0.2) is 6.10 Å². The zero-order valence-corrected chi connectivity index (χ0v) is 45.2. The Kier molecular flexibility index (Phi) is 54.7. The van der Waals surface area contributed by atoms with Gasteiger partial charge in [0.05, 0.1) is 0 Å². The van der Waals surface area contributed by atoms with Crippen molar-refractivity contribution < 1.29 is 28.6 Å². The third-order valence-corrected chi connectivity index (χ3v) is 13.5. The Balaban J connectivity index is 3.94. The SMILES string of the molecule is CCCCCCC/C=C\C/C=C\CCCCCCCCCCCCCCCCCCCC(=O)OCC(COC(=O)CCCCCCC)OC(=O)CCCCCCCCCCCCCCCCC. The summed E-state index contributed by atoms with van der Waals surface area (Å²) in [6.45, 7) is 6.59. The standard InChI is InChI=1S/C61H114O6/c1-4-7-10-13-15-17-19-21-23-24-25-26-27-28-29-30-31-32-33-34-35-36-38-39-41-43-45-48-51-54-60(63)66-57-58(56-65-59(62)53-50-47-12-9-6-3)67-61(64)55-52-49-46-44-42-40-37-22-20-18-16-14-11-8-5-2/h19,21,24-25,58H,4-18,20,22-23,26-57H2,1-3H3/b21-19-,25-24-. The molecule has 0 bridgehead atoms. The van der Waals surface area contributed by atoms with Crippen LogP contribution in [0.15, 0.2) is 24.3 Å². The van der Waals surface area contributed by atoms with Crippen LogP contribution in [-0.2, 0) is 28.6 Å². The van der Waals surface area contributed by atoms with E-state index in [0.717, 1.165) is 70.6 Å². The maximum absolute atomic E-state index is 12.8. The lowest BCUT2D eigenvalue weighted by Gasteiger charge is -2.18. The van der Waals surface area contributed by atoms with Gasteiger partial charge in [-0.15, -0.1) is 0 Å². The molecular formula is C61H114O6. The number of esters is 3. The quantitative estimate of drug-likeness (QED) is 0.0262. The highest BCUT2D eigenvalue weighted by atomic mass is 16.6. The van der Waals surface area contributed by atoms with Gasteiger partial charge in [-0.05, 0) is 51.4 Å². The van der Waals surface area contributed by atoms with E-state index in [-0.39, 0.29) is 31.1 Å². The molecule has 0 aromatic rings. The number of ether oxygens (including phenoxy) is 3. The second kappa shape index (κ2) is 56.5. The van der Waals surface area contributed by atoms with Crippen molar-refractivity contribution in [1.29, 1.82) is 0 Å². The number of carbonyl (C=O) groups excluding carboxylic acids is 3. The highest BCUT2D eigenvalue weighted by molar-refractivity contribution is 5.71. The maximum Gasteiger partial charge on any atom is 0.306 e. The first-order valence-electron chi connectivity index (χ1n) is 29.8. The largest absolute Gasteiger partial charge is 0.462 e. The molecule has 0 radical (unpaired) electrons. The molecule has 0 aliphatic heterocycles. The van der Waals surface area contributed by atoms with Crippen LogP contribution in [0.25, 0.3) is 0 Å². The van der Waals surface area contributed by atoms with E-state index in [4.69, 9.17) is 14.2 Å². The average Bonchev–Trinajstić information content (AvgIpc) is 3.33. The zero-order chi connectivity index (χ0) is 48.6. The minimum Gasteiger partial charge on any atom is -0.462 e. The zero-order valence-electron chi connectivity index (χ0n) is 45.2. The first-order valence-corrected chi connectivity index (χ1v) is 29.8. The Bertz CT molecular complexity index is 1080. The average molecular weight is 944 g/mol. The molecule has 0 aliphatic carbocycles. The van der Waals surface area contributed by atoms with Gasteiger partial charge in [0.1, 0.15) is 13.2 Å². The minimum atomic E-state index is -0.762. The lowest BCUT2D eigenvalue weighted by molar-refractivity contribution is -0.167. The molecule has 0 amide bonds. The molecule has 1 atom stereocenters. The smallest absolute Gasteiger partial charge is 0.306 e. The molecule has 0 saturated carbocycles. The molecule has 0 aromatic carbocycles. The molecule has 394 valence electrons. The van der Waals surface area contributed by atoms with Gasteiger partial charge in [-0.3, -0.25) is 14.4 Å². The summed E-state index contributed by atoms with van der Waals surface area (Å²) in [7, 11) is 0. The van der Waals surface area contributed by atoms with E-state index < -0.39 is 6.10 Å². The van der Waals surface area contributed by atoms with E-state index in [9.17, 15) is 14.4 Å². The molecule has 0 rings (SSSR count). The van der Waals surface area contributed by atoms with Gasteiger partial charge < -0.3 is 14.2 Å². The van der Waals surface area contributed by atoms with Crippen molar-refractivity contribution in [3.63, 3.8) is 0 Å². The van der Waals surface area contributed by atoms with Gasteiger partial charge in [0, 0.05) is 19.3 Å². The number of rotatable bonds is 55. The molecule has 6 heteroatoms. The third kappa shape index (κ3) is 54.7. The Morgan fingerprint density at radius 3 is 0.821 bits per heavy atom. The topological polar surface area (TPSA) is 78.9 Å². The first kappa shape index (κ1) is 64.9. The van der Waals surface area contributed by atoms with E-state index >= 15 is 0 Å². The molecule has 0 heterocycles. The summed E-state index contributed by atoms with van der Waals surface area (Å²) in [5.41, 5.74) is 0. The fourth-order valence-electron chi connectivity index (χ4n) is 8.95. The van der Waals surface area contributed by atoms with Crippen LogP contribution in [0, 0.1) is 0 Å².